The van der Waals surface area contributed by atoms with Gasteiger partial charge in [-0.1, -0.05) is 25.3 Å². The van der Waals surface area contributed by atoms with Crippen molar-refractivity contribution in [2.75, 3.05) is 0 Å². The van der Waals surface area contributed by atoms with E-state index in [2.05, 4.69) is 26.0 Å². The second-order valence-electron chi connectivity index (χ2n) is 3.22. The van der Waals surface area contributed by atoms with E-state index in [1.165, 1.54) is 36.8 Å². The van der Waals surface area contributed by atoms with E-state index in [1.807, 2.05) is 0 Å². The highest BCUT2D eigenvalue weighted by molar-refractivity contribution is 5.28. The molecule has 0 nitrogen and oxygen atoms in total. The number of hydrogen-bond donors (Lipinski definition) is 0. The van der Waals surface area contributed by atoms with Crippen LogP contribution in [0, 0.1) is 12.2 Å². The van der Waals surface area contributed by atoms with E-state index < -0.39 is 0 Å². The molecule has 0 bridgehead atoms. The predicted octanol–water partition coefficient (Wildman–Crippen LogP) is 3.84. The molecule has 1 aliphatic carbocycles. The zero-order valence-electron chi connectivity index (χ0n) is 8.24. The van der Waals surface area contributed by atoms with Gasteiger partial charge >= 0.3 is 0 Å². The maximum absolute atomic E-state index is 3.44. The number of allylic oxidation sites excluding steroid dienone is 4. The average Bonchev–Trinajstić information content (AvgIpc) is 2.09. The monoisotopic (exact) mass is 162 g/mol. The quantitative estimate of drug-likeness (QED) is 0.541. The van der Waals surface area contributed by atoms with Crippen molar-refractivity contribution in [1.82, 2.24) is 0 Å². The Morgan fingerprint density at radius 3 is 2.67 bits per heavy atom. The summed E-state index contributed by atoms with van der Waals surface area (Å²) >= 11 is 0. The van der Waals surface area contributed by atoms with Gasteiger partial charge in [0.2, 0.25) is 0 Å². The lowest BCUT2D eigenvalue weighted by atomic mass is 9.88. The standard InChI is InChI=1S/C12H18/c1-3-7-11-9-5-6-10-12(11)8-4-2/h3-6,9-10H2,1-2H3. The summed E-state index contributed by atoms with van der Waals surface area (Å²) in [6, 6.07) is 0. The third-order valence-electron chi connectivity index (χ3n) is 2.25. The topological polar surface area (TPSA) is 0 Å². The Hall–Kier alpha value is -0.610. The third-order valence-corrected chi connectivity index (χ3v) is 2.25. The first-order valence-electron chi connectivity index (χ1n) is 5.08. The summed E-state index contributed by atoms with van der Waals surface area (Å²) < 4.78 is 0. The maximum Gasteiger partial charge on any atom is 0.0649 e. The van der Waals surface area contributed by atoms with Crippen LogP contribution in [0.25, 0.3) is 0 Å². The molecule has 0 aliphatic heterocycles. The van der Waals surface area contributed by atoms with Gasteiger partial charge in [-0.05, 0) is 25.8 Å². The predicted molar refractivity (Wildman–Crippen MR) is 52.6 cm³/mol. The molecule has 12 heavy (non-hydrogen) atoms. The minimum atomic E-state index is 1.05. The normalized spacial score (nSPS) is 24.5. The number of hydrogen-bond acceptors (Lipinski definition) is 0. The largest absolute Gasteiger partial charge is 0.166 e. The zero-order valence-corrected chi connectivity index (χ0v) is 8.24. The molecular formula is C12H18. The van der Waals surface area contributed by atoms with E-state index in [-0.39, 0.29) is 0 Å². The molecule has 0 amide bonds. The summed E-state index contributed by atoms with van der Waals surface area (Å²) in [5, 5.41) is 0. The van der Waals surface area contributed by atoms with Crippen molar-refractivity contribution in [3.8, 4) is 0 Å². The molecule has 0 N–H and O–H groups in total. The van der Waals surface area contributed by atoms with Gasteiger partial charge in [0.15, 0.2) is 0 Å². The van der Waals surface area contributed by atoms with Gasteiger partial charge in [-0.15, -0.1) is 0 Å². The van der Waals surface area contributed by atoms with Crippen molar-refractivity contribution < 1.29 is 0 Å². The van der Waals surface area contributed by atoms with Crippen molar-refractivity contribution >= 4 is 0 Å². The van der Waals surface area contributed by atoms with Crippen LogP contribution in [0.4, 0.5) is 0 Å². The second-order valence-corrected chi connectivity index (χ2v) is 3.22. The van der Waals surface area contributed by atoms with E-state index in [0.29, 0.717) is 0 Å². The van der Waals surface area contributed by atoms with Crippen molar-refractivity contribution in [2.24, 2.45) is 0 Å². The average molecular weight is 162 g/mol. The van der Waals surface area contributed by atoms with Gasteiger partial charge in [0.05, 0.1) is 6.42 Å². The Morgan fingerprint density at radius 2 is 2.00 bits per heavy atom. The van der Waals surface area contributed by atoms with Gasteiger partial charge in [-0.3, -0.25) is 0 Å². The first-order chi connectivity index (χ1) is 5.88. The Morgan fingerprint density at radius 1 is 1.25 bits per heavy atom. The van der Waals surface area contributed by atoms with Crippen LogP contribution < -0.4 is 0 Å². The molecule has 1 saturated carbocycles. The van der Waals surface area contributed by atoms with Crippen LogP contribution in [-0.2, 0) is 0 Å². The van der Waals surface area contributed by atoms with Crippen molar-refractivity contribution in [3.05, 3.63) is 23.3 Å². The molecule has 0 atom stereocenters. The van der Waals surface area contributed by atoms with E-state index in [9.17, 15) is 0 Å². The molecule has 0 spiro atoms. The molecule has 0 radical (unpaired) electrons. The van der Waals surface area contributed by atoms with Crippen molar-refractivity contribution in [1.29, 1.82) is 0 Å². The van der Waals surface area contributed by atoms with Crippen LogP contribution >= 0.6 is 0 Å². The Bertz CT molecular complexity index is 162. The lowest BCUT2D eigenvalue weighted by Gasteiger charge is -2.17. The minimum absolute atomic E-state index is 1.05. The van der Waals surface area contributed by atoms with E-state index >= 15 is 0 Å². The van der Waals surface area contributed by atoms with Gasteiger partial charge in [0.25, 0.3) is 0 Å². The molecular weight excluding hydrogens is 144 g/mol. The SMILES string of the molecule is CC[C+]=C1CCCCC1=[C-]CC. The highest BCUT2D eigenvalue weighted by Crippen LogP contribution is 2.28. The van der Waals surface area contributed by atoms with Gasteiger partial charge < -0.3 is 0 Å². The van der Waals surface area contributed by atoms with Crippen LogP contribution in [0.2, 0.25) is 0 Å². The molecule has 0 aromatic heterocycles. The van der Waals surface area contributed by atoms with Crippen LogP contribution in [0.3, 0.4) is 0 Å². The molecule has 0 heteroatoms. The van der Waals surface area contributed by atoms with Crippen LogP contribution in [-0.4, -0.2) is 0 Å². The third kappa shape index (κ3) is 2.46. The van der Waals surface area contributed by atoms with Crippen molar-refractivity contribution in [2.45, 2.75) is 52.4 Å². The second kappa shape index (κ2) is 5.11. The first kappa shape index (κ1) is 9.48. The summed E-state index contributed by atoms with van der Waals surface area (Å²) in [4.78, 5) is 0. The minimum Gasteiger partial charge on any atom is -0.166 e. The molecule has 0 aromatic carbocycles. The highest BCUT2D eigenvalue weighted by atomic mass is 14.1. The first-order valence-corrected chi connectivity index (χ1v) is 5.08. The molecule has 0 aromatic rings. The summed E-state index contributed by atoms with van der Waals surface area (Å²) in [5.74, 6) is 0. The Kier molecular flexibility index (Phi) is 4.04. The molecule has 1 aliphatic rings. The molecule has 0 heterocycles. The zero-order chi connectivity index (χ0) is 8.81. The lowest BCUT2D eigenvalue weighted by Crippen LogP contribution is -1.99. The fourth-order valence-corrected chi connectivity index (χ4v) is 1.72. The van der Waals surface area contributed by atoms with Crippen LogP contribution in [0.1, 0.15) is 52.4 Å². The fourth-order valence-electron chi connectivity index (χ4n) is 1.72. The van der Waals surface area contributed by atoms with Gasteiger partial charge in [-0.25, -0.2) is 0 Å². The Balaban J connectivity index is 2.67. The van der Waals surface area contributed by atoms with Gasteiger partial charge in [0.1, 0.15) is 0 Å². The molecule has 66 valence electrons. The maximum atomic E-state index is 3.44. The van der Waals surface area contributed by atoms with Crippen molar-refractivity contribution in [3.63, 3.8) is 0 Å². The summed E-state index contributed by atoms with van der Waals surface area (Å²) in [5.41, 5.74) is 2.90. The van der Waals surface area contributed by atoms with E-state index in [1.54, 1.807) is 0 Å². The van der Waals surface area contributed by atoms with E-state index in [0.717, 1.165) is 12.8 Å². The van der Waals surface area contributed by atoms with Crippen LogP contribution in [0.5, 0.6) is 0 Å². The smallest absolute Gasteiger partial charge is 0.0649 e. The molecule has 0 unspecified atom stereocenters. The summed E-state index contributed by atoms with van der Waals surface area (Å²) in [6.45, 7) is 4.32. The summed E-state index contributed by atoms with van der Waals surface area (Å²) in [7, 11) is 0. The lowest BCUT2D eigenvalue weighted by molar-refractivity contribution is 0.669. The molecule has 1 rings (SSSR count). The number of rotatable bonds is 2. The van der Waals surface area contributed by atoms with Gasteiger partial charge in [-0.2, -0.15) is 6.08 Å². The van der Waals surface area contributed by atoms with Gasteiger partial charge in [0, 0.05) is 12.0 Å². The Labute approximate surface area is 76.4 Å². The fraction of sp³-hybridized carbons (Fsp3) is 0.667. The van der Waals surface area contributed by atoms with Crippen LogP contribution in [0.15, 0.2) is 11.1 Å². The highest BCUT2D eigenvalue weighted by Gasteiger charge is 2.10. The molecule has 0 saturated heterocycles. The van der Waals surface area contributed by atoms with E-state index in [4.69, 9.17) is 0 Å². The summed E-state index contributed by atoms with van der Waals surface area (Å²) in [6.07, 6.45) is 14.1. The molecule has 1 fully saturated rings.